The molecule has 2 aromatic carbocycles. The first-order chi connectivity index (χ1) is 15.3. The van der Waals surface area contributed by atoms with Crippen molar-refractivity contribution in [1.29, 1.82) is 0 Å². The van der Waals surface area contributed by atoms with Crippen LogP contribution in [-0.2, 0) is 26.4 Å². The summed E-state index contributed by atoms with van der Waals surface area (Å²) < 4.78 is 52.5. The number of hydrogen-bond donors (Lipinski definition) is 1. The number of alkyl halides is 2. The SMILES string of the molecule is CC#Cc1ccc2sc3ccc(C(C)(N[S+]([O-])C(C)(C)C)C(F)(F)C(=O)OCC)cc3c2c1. The summed E-state index contributed by atoms with van der Waals surface area (Å²) in [5, 5.41) is 1.65. The smallest absolute Gasteiger partial charge is 0.379 e. The van der Waals surface area contributed by atoms with Crippen molar-refractivity contribution >= 4 is 48.8 Å². The van der Waals surface area contributed by atoms with E-state index < -0.39 is 33.5 Å². The summed E-state index contributed by atoms with van der Waals surface area (Å²) in [6.45, 7) is 9.23. The fourth-order valence-corrected chi connectivity index (χ4v) is 5.37. The predicted octanol–water partition coefficient (Wildman–Crippen LogP) is 5.89. The van der Waals surface area contributed by atoms with E-state index in [1.165, 1.54) is 13.8 Å². The van der Waals surface area contributed by atoms with Gasteiger partial charge in [-0.05, 0) is 77.4 Å². The van der Waals surface area contributed by atoms with E-state index in [1.807, 2.05) is 18.2 Å². The molecule has 0 fully saturated rings. The first kappa shape index (κ1) is 25.4. The molecular weight excluding hydrogens is 464 g/mol. The number of carbonyl (C=O) groups excluding carboxylic acids is 1. The van der Waals surface area contributed by atoms with Crippen LogP contribution in [0.5, 0.6) is 0 Å². The lowest BCUT2D eigenvalue weighted by Crippen LogP contribution is -2.61. The van der Waals surface area contributed by atoms with E-state index in [9.17, 15) is 9.35 Å². The number of benzene rings is 2. The van der Waals surface area contributed by atoms with Gasteiger partial charge in [-0.3, -0.25) is 0 Å². The molecule has 0 aliphatic rings. The van der Waals surface area contributed by atoms with Gasteiger partial charge in [0.15, 0.2) is 5.54 Å². The molecule has 0 saturated carbocycles. The Labute approximate surface area is 200 Å². The molecule has 0 radical (unpaired) electrons. The van der Waals surface area contributed by atoms with Crippen molar-refractivity contribution in [2.75, 3.05) is 6.61 Å². The van der Waals surface area contributed by atoms with Crippen molar-refractivity contribution in [1.82, 2.24) is 4.72 Å². The molecule has 4 nitrogen and oxygen atoms in total. The Bertz CT molecular complexity index is 1250. The Hall–Kier alpha value is -2.18. The Kier molecular flexibility index (Phi) is 7.11. The number of fused-ring (bicyclic) bond motifs is 3. The molecule has 0 aliphatic heterocycles. The summed E-state index contributed by atoms with van der Waals surface area (Å²) in [6.07, 6.45) is 0. The molecule has 0 bridgehead atoms. The van der Waals surface area contributed by atoms with Crippen molar-refractivity contribution < 1.29 is 22.9 Å². The second-order valence-electron chi connectivity index (χ2n) is 8.80. The number of hydrogen-bond acceptors (Lipinski definition) is 5. The van der Waals surface area contributed by atoms with Crippen molar-refractivity contribution in [3.8, 4) is 11.8 Å². The Balaban J connectivity index is 2.24. The van der Waals surface area contributed by atoms with Crippen LogP contribution in [0.1, 0.15) is 52.7 Å². The summed E-state index contributed by atoms with van der Waals surface area (Å²) in [7, 11) is 0. The third-order valence-electron chi connectivity index (χ3n) is 5.33. The third-order valence-corrected chi connectivity index (χ3v) is 8.19. The molecule has 2 unspecified atom stereocenters. The van der Waals surface area contributed by atoms with Gasteiger partial charge in [0.2, 0.25) is 0 Å². The average Bonchev–Trinajstić information content (AvgIpc) is 3.10. The maximum Gasteiger partial charge on any atom is 0.379 e. The number of esters is 1. The lowest BCUT2D eigenvalue weighted by atomic mass is 9.85. The van der Waals surface area contributed by atoms with E-state index in [2.05, 4.69) is 21.3 Å². The normalized spacial score (nSPS) is 15.1. The monoisotopic (exact) mass is 491 g/mol. The van der Waals surface area contributed by atoms with Crippen LogP contribution in [0, 0.1) is 11.8 Å². The predicted molar refractivity (Wildman–Crippen MR) is 132 cm³/mol. The largest absolute Gasteiger partial charge is 0.598 e. The van der Waals surface area contributed by atoms with Gasteiger partial charge in [0.05, 0.1) is 6.61 Å². The number of rotatable bonds is 6. The molecule has 0 amide bonds. The molecule has 1 N–H and O–H groups in total. The van der Waals surface area contributed by atoms with E-state index in [4.69, 9.17) is 0 Å². The molecule has 8 heteroatoms. The number of ether oxygens (including phenoxy) is 1. The van der Waals surface area contributed by atoms with Gasteiger partial charge in [0, 0.05) is 37.1 Å². The number of halogens is 2. The van der Waals surface area contributed by atoms with E-state index in [1.54, 1.807) is 57.2 Å². The molecule has 3 aromatic rings. The fourth-order valence-electron chi connectivity index (χ4n) is 3.38. The lowest BCUT2D eigenvalue weighted by Gasteiger charge is -2.38. The molecule has 2 atom stereocenters. The van der Waals surface area contributed by atoms with Gasteiger partial charge in [-0.2, -0.15) is 8.78 Å². The maximum atomic E-state index is 15.6. The lowest BCUT2D eigenvalue weighted by molar-refractivity contribution is -0.183. The van der Waals surface area contributed by atoms with Gasteiger partial charge in [-0.1, -0.05) is 12.0 Å². The first-order valence-electron chi connectivity index (χ1n) is 10.5. The Morgan fingerprint density at radius 1 is 1.12 bits per heavy atom. The zero-order valence-corrected chi connectivity index (χ0v) is 21.1. The summed E-state index contributed by atoms with van der Waals surface area (Å²) in [6, 6.07) is 10.7. The highest BCUT2D eigenvalue weighted by molar-refractivity contribution is 7.90. The minimum Gasteiger partial charge on any atom is -0.598 e. The molecule has 176 valence electrons. The molecule has 0 aliphatic carbocycles. The van der Waals surface area contributed by atoms with E-state index in [0.29, 0.717) is 0 Å². The quantitative estimate of drug-likeness (QED) is 0.265. The zero-order valence-electron chi connectivity index (χ0n) is 19.5. The highest BCUT2D eigenvalue weighted by Crippen LogP contribution is 2.43. The molecular formula is C25H27F2NO3S2. The van der Waals surface area contributed by atoms with Gasteiger partial charge in [0.1, 0.15) is 4.75 Å². The minimum atomic E-state index is -3.98. The van der Waals surface area contributed by atoms with Gasteiger partial charge >= 0.3 is 11.9 Å². The Morgan fingerprint density at radius 3 is 2.30 bits per heavy atom. The number of carbonyl (C=O) groups is 1. The van der Waals surface area contributed by atoms with Gasteiger partial charge < -0.3 is 9.29 Å². The van der Waals surface area contributed by atoms with Crippen LogP contribution in [0.4, 0.5) is 8.78 Å². The van der Waals surface area contributed by atoms with Crippen LogP contribution in [0.3, 0.4) is 0 Å². The fraction of sp³-hybridized carbons (Fsp3) is 0.400. The molecule has 0 saturated heterocycles. The zero-order chi connectivity index (χ0) is 24.6. The molecule has 3 rings (SSSR count). The minimum absolute atomic E-state index is 0.136. The molecule has 33 heavy (non-hydrogen) atoms. The summed E-state index contributed by atoms with van der Waals surface area (Å²) >= 11 is -0.345. The van der Waals surface area contributed by atoms with Crippen LogP contribution in [0.15, 0.2) is 36.4 Å². The summed E-state index contributed by atoms with van der Waals surface area (Å²) in [5.41, 5.74) is -1.32. The molecule has 1 heterocycles. The number of nitrogens with one attached hydrogen (secondary N) is 1. The van der Waals surface area contributed by atoms with Gasteiger partial charge in [0.25, 0.3) is 0 Å². The summed E-state index contributed by atoms with van der Waals surface area (Å²) in [5.74, 6) is 0.230. The summed E-state index contributed by atoms with van der Waals surface area (Å²) in [4.78, 5) is 12.3. The molecule has 1 aromatic heterocycles. The van der Waals surface area contributed by atoms with Gasteiger partial charge in [-0.15, -0.1) is 22.0 Å². The van der Waals surface area contributed by atoms with Crippen molar-refractivity contribution in [3.63, 3.8) is 0 Å². The standard InChI is InChI=1S/C25H27F2NO3S2/c1-7-9-16-10-12-20-18(14-16)19-15-17(11-13-21(19)32-20)24(6,28-33(30)23(3,4)5)25(26,27)22(29)31-8-2/h10-15,28H,8H2,1-6H3. The van der Waals surface area contributed by atoms with Crippen LogP contribution >= 0.6 is 11.3 Å². The highest BCUT2D eigenvalue weighted by Gasteiger charge is 2.61. The number of thiophene rings is 1. The second kappa shape index (κ2) is 9.22. The van der Waals surface area contributed by atoms with Gasteiger partial charge in [-0.25, -0.2) is 4.79 Å². The average molecular weight is 492 g/mol. The Morgan fingerprint density at radius 2 is 1.73 bits per heavy atom. The second-order valence-corrected chi connectivity index (χ2v) is 11.9. The third kappa shape index (κ3) is 4.73. The van der Waals surface area contributed by atoms with Crippen molar-refractivity contribution in [2.24, 2.45) is 0 Å². The van der Waals surface area contributed by atoms with Crippen LogP contribution in [0.2, 0.25) is 0 Å². The van der Waals surface area contributed by atoms with Crippen molar-refractivity contribution in [2.45, 2.75) is 57.8 Å². The van der Waals surface area contributed by atoms with E-state index in [-0.39, 0.29) is 12.2 Å². The van der Waals surface area contributed by atoms with E-state index >= 15 is 8.78 Å². The molecule has 0 spiro atoms. The topological polar surface area (TPSA) is 61.4 Å². The van der Waals surface area contributed by atoms with E-state index in [0.717, 1.165) is 25.7 Å². The first-order valence-corrected chi connectivity index (χ1v) is 12.5. The van der Waals surface area contributed by atoms with Crippen LogP contribution in [0.25, 0.3) is 20.2 Å². The highest BCUT2D eigenvalue weighted by atomic mass is 32.2. The van der Waals surface area contributed by atoms with Crippen LogP contribution in [-0.4, -0.2) is 27.8 Å². The van der Waals surface area contributed by atoms with Crippen molar-refractivity contribution in [3.05, 3.63) is 47.5 Å². The van der Waals surface area contributed by atoms with Crippen LogP contribution < -0.4 is 4.72 Å². The maximum absolute atomic E-state index is 15.6.